The minimum absolute atomic E-state index is 0.0876. The van der Waals surface area contributed by atoms with Crippen LogP contribution in [-0.2, 0) is 9.59 Å². The highest BCUT2D eigenvalue weighted by Crippen LogP contribution is 2.13. The maximum absolute atomic E-state index is 11.6. The van der Waals surface area contributed by atoms with Gasteiger partial charge in [0.25, 0.3) is 0 Å². The molecule has 0 aliphatic rings. The minimum Gasteiger partial charge on any atom is -0.365 e. The molecular formula is C18H27N5O2. The molecular weight excluding hydrogens is 318 g/mol. The van der Waals surface area contributed by atoms with Gasteiger partial charge >= 0.3 is 0 Å². The molecule has 1 amide bonds. The number of anilines is 1. The Morgan fingerprint density at radius 3 is 2.60 bits per heavy atom. The lowest BCUT2D eigenvalue weighted by Crippen LogP contribution is -2.33. The predicted octanol–water partition coefficient (Wildman–Crippen LogP) is 1.82. The Kier molecular flexibility index (Phi) is 7.78. The smallest absolute Gasteiger partial charge is 0.241 e. The Hall–Kier alpha value is -2.70. The molecule has 2 N–H and O–H groups in total. The molecule has 0 atom stereocenters. The molecule has 0 unspecified atom stereocenters. The summed E-state index contributed by atoms with van der Waals surface area (Å²) in [6.45, 7) is 8.72. The average Bonchev–Trinajstić information content (AvgIpc) is 2.51. The predicted molar refractivity (Wildman–Crippen MR) is 101 cm³/mol. The number of nitrogens with one attached hydrogen (secondary N) is 2. The normalized spacial score (nSPS) is 12.1. The zero-order valence-corrected chi connectivity index (χ0v) is 15.5. The van der Waals surface area contributed by atoms with E-state index in [1.54, 1.807) is 19.3 Å². The number of likely N-dealkylation sites (N-methyl/N-ethyl adjacent to an activating group) is 2. The molecule has 0 radical (unpaired) electrons. The SMILES string of the molecule is CCNC(=O)CN(C)/N=C(\C=C/C=O)c1ccc(NC(C)(C)C)nc1. The highest BCUT2D eigenvalue weighted by Gasteiger charge is 2.11. The highest BCUT2D eigenvalue weighted by molar-refractivity contribution is 6.09. The molecule has 1 aromatic rings. The summed E-state index contributed by atoms with van der Waals surface area (Å²) in [6, 6.07) is 3.73. The molecule has 0 aliphatic carbocycles. The number of carbonyl (C=O) groups excluding carboxylic acids is 2. The summed E-state index contributed by atoms with van der Waals surface area (Å²) in [7, 11) is 1.70. The number of pyridine rings is 1. The first kappa shape index (κ1) is 20.3. The van der Waals surface area contributed by atoms with Gasteiger partial charge in [-0.3, -0.25) is 14.6 Å². The van der Waals surface area contributed by atoms with Gasteiger partial charge < -0.3 is 10.6 Å². The molecule has 0 saturated heterocycles. The Morgan fingerprint density at radius 1 is 1.36 bits per heavy atom. The van der Waals surface area contributed by atoms with E-state index in [0.717, 1.165) is 11.4 Å². The van der Waals surface area contributed by atoms with Crippen LogP contribution in [0.1, 0.15) is 33.3 Å². The van der Waals surface area contributed by atoms with Crippen LogP contribution in [0.15, 0.2) is 35.6 Å². The maximum atomic E-state index is 11.6. The number of nitrogens with zero attached hydrogens (tertiary/aromatic N) is 3. The van der Waals surface area contributed by atoms with Crippen molar-refractivity contribution >= 4 is 23.7 Å². The molecule has 7 heteroatoms. The van der Waals surface area contributed by atoms with Crippen LogP contribution in [0.4, 0.5) is 5.82 Å². The van der Waals surface area contributed by atoms with Gasteiger partial charge in [-0.2, -0.15) is 5.10 Å². The second kappa shape index (κ2) is 9.56. The molecule has 0 aliphatic heterocycles. The van der Waals surface area contributed by atoms with Crippen molar-refractivity contribution < 1.29 is 9.59 Å². The summed E-state index contributed by atoms with van der Waals surface area (Å²) in [5.74, 6) is 0.640. The summed E-state index contributed by atoms with van der Waals surface area (Å²) in [6.07, 6.45) is 5.32. The third kappa shape index (κ3) is 8.10. The Morgan fingerprint density at radius 2 is 2.08 bits per heavy atom. The van der Waals surface area contributed by atoms with Gasteiger partial charge in [-0.1, -0.05) is 0 Å². The monoisotopic (exact) mass is 345 g/mol. The first-order valence-electron chi connectivity index (χ1n) is 8.18. The Bertz CT molecular complexity index is 630. The van der Waals surface area contributed by atoms with Crippen molar-refractivity contribution in [3.8, 4) is 0 Å². The van der Waals surface area contributed by atoms with Crippen LogP contribution in [0, 0.1) is 0 Å². The van der Waals surface area contributed by atoms with Crippen molar-refractivity contribution in [1.29, 1.82) is 0 Å². The van der Waals surface area contributed by atoms with Crippen LogP contribution in [0.25, 0.3) is 0 Å². The van der Waals surface area contributed by atoms with Crippen molar-refractivity contribution in [1.82, 2.24) is 15.3 Å². The van der Waals surface area contributed by atoms with Crippen molar-refractivity contribution in [3.63, 3.8) is 0 Å². The van der Waals surface area contributed by atoms with Gasteiger partial charge in [-0.25, -0.2) is 4.98 Å². The van der Waals surface area contributed by atoms with Gasteiger partial charge in [-0.15, -0.1) is 0 Å². The molecule has 25 heavy (non-hydrogen) atoms. The molecule has 0 saturated carbocycles. The number of hydrogen-bond donors (Lipinski definition) is 2. The van der Waals surface area contributed by atoms with Crippen LogP contribution in [0.5, 0.6) is 0 Å². The number of carbonyl (C=O) groups is 2. The second-order valence-electron chi connectivity index (χ2n) is 6.56. The van der Waals surface area contributed by atoms with Crippen LogP contribution in [0.2, 0.25) is 0 Å². The average molecular weight is 345 g/mol. The molecule has 7 nitrogen and oxygen atoms in total. The van der Waals surface area contributed by atoms with E-state index in [4.69, 9.17) is 0 Å². The molecule has 0 spiro atoms. The van der Waals surface area contributed by atoms with Crippen LogP contribution >= 0.6 is 0 Å². The number of aldehydes is 1. The van der Waals surface area contributed by atoms with Crippen molar-refractivity contribution in [3.05, 3.63) is 36.0 Å². The van der Waals surface area contributed by atoms with Gasteiger partial charge in [0.05, 0.1) is 5.71 Å². The van der Waals surface area contributed by atoms with Gasteiger partial charge in [0, 0.05) is 30.9 Å². The number of amides is 1. The first-order valence-corrected chi connectivity index (χ1v) is 8.18. The van der Waals surface area contributed by atoms with E-state index < -0.39 is 0 Å². The summed E-state index contributed by atoms with van der Waals surface area (Å²) in [5.41, 5.74) is 1.21. The van der Waals surface area contributed by atoms with Crippen molar-refractivity contribution in [2.45, 2.75) is 33.2 Å². The van der Waals surface area contributed by atoms with Crippen LogP contribution in [0.3, 0.4) is 0 Å². The quantitative estimate of drug-likeness (QED) is 0.325. The lowest BCUT2D eigenvalue weighted by atomic mass is 10.1. The second-order valence-corrected chi connectivity index (χ2v) is 6.56. The first-order chi connectivity index (χ1) is 11.7. The van der Waals surface area contributed by atoms with E-state index in [-0.39, 0.29) is 18.0 Å². The molecule has 1 aromatic heterocycles. The summed E-state index contributed by atoms with van der Waals surface area (Å²) >= 11 is 0. The fourth-order valence-electron chi connectivity index (χ4n) is 2.00. The Balaban J connectivity index is 2.98. The standard InChI is InChI=1S/C18H27N5O2/c1-6-19-17(25)13-23(5)22-15(8-7-11-24)14-9-10-16(20-12-14)21-18(2,3)4/h7-12H,6,13H2,1-5H3,(H,19,25)(H,20,21)/b8-7-,22-15+. The highest BCUT2D eigenvalue weighted by atomic mass is 16.2. The minimum atomic E-state index is -0.115. The van der Waals surface area contributed by atoms with E-state index in [1.165, 1.54) is 11.1 Å². The lowest BCUT2D eigenvalue weighted by Gasteiger charge is -2.21. The maximum Gasteiger partial charge on any atom is 0.241 e. The van der Waals surface area contributed by atoms with Gasteiger partial charge in [-0.05, 0) is 52.0 Å². The molecule has 0 bridgehead atoms. The fraction of sp³-hybridized carbons (Fsp3) is 0.444. The lowest BCUT2D eigenvalue weighted by molar-refractivity contribution is -0.121. The number of hydrazone groups is 1. The van der Waals surface area contributed by atoms with E-state index in [0.29, 0.717) is 18.5 Å². The molecule has 136 valence electrons. The zero-order chi connectivity index (χ0) is 18.9. The van der Waals surface area contributed by atoms with E-state index in [1.807, 2.05) is 19.1 Å². The molecule has 1 rings (SSSR count). The summed E-state index contributed by atoms with van der Waals surface area (Å²) < 4.78 is 0. The van der Waals surface area contributed by atoms with Crippen molar-refractivity contribution in [2.24, 2.45) is 5.10 Å². The summed E-state index contributed by atoms with van der Waals surface area (Å²) in [4.78, 5) is 26.7. The fourth-order valence-corrected chi connectivity index (χ4v) is 2.00. The number of aromatic nitrogens is 1. The molecule has 0 aromatic carbocycles. The third-order valence-corrected chi connectivity index (χ3v) is 2.92. The Labute approximate surface area is 149 Å². The topological polar surface area (TPSA) is 86.7 Å². The van der Waals surface area contributed by atoms with Gasteiger partial charge in [0.1, 0.15) is 18.6 Å². The van der Waals surface area contributed by atoms with E-state index in [2.05, 4.69) is 41.5 Å². The van der Waals surface area contributed by atoms with Crippen LogP contribution < -0.4 is 10.6 Å². The van der Waals surface area contributed by atoms with Gasteiger partial charge in [0.15, 0.2) is 0 Å². The number of allylic oxidation sites excluding steroid dienone is 2. The number of hydrogen-bond acceptors (Lipinski definition) is 6. The third-order valence-electron chi connectivity index (χ3n) is 2.92. The number of rotatable bonds is 8. The van der Waals surface area contributed by atoms with E-state index >= 15 is 0 Å². The molecule has 0 fully saturated rings. The zero-order valence-electron chi connectivity index (χ0n) is 15.5. The largest absolute Gasteiger partial charge is 0.365 e. The van der Waals surface area contributed by atoms with E-state index in [9.17, 15) is 9.59 Å². The molecule has 1 heterocycles. The summed E-state index contributed by atoms with van der Waals surface area (Å²) in [5, 5.41) is 11.9. The van der Waals surface area contributed by atoms with Gasteiger partial charge in [0.2, 0.25) is 5.91 Å². The van der Waals surface area contributed by atoms with Crippen molar-refractivity contribution in [2.75, 3.05) is 25.5 Å². The van der Waals surface area contributed by atoms with Crippen LogP contribution in [-0.4, -0.2) is 53.6 Å².